The summed E-state index contributed by atoms with van der Waals surface area (Å²) in [4.78, 5) is 0. The number of rotatable bonds is 8. The summed E-state index contributed by atoms with van der Waals surface area (Å²) in [5, 5.41) is 7.35. The van der Waals surface area contributed by atoms with Gasteiger partial charge < -0.3 is 10.6 Å². The second-order valence-corrected chi connectivity index (χ2v) is 6.53. The molecule has 2 heteroatoms. The summed E-state index contributed by atoms with van der Waals surface area (Å²) in [6, 6.07) is 0. The molecule has 2 nitrogen and oxygen atoms in total. The van der Waals surface area contributed by atoms with E-state index in [9.17, 15) is 0 Å². The third-order valence-electron chi connectivity index (χ3n) is 4.85. The minimum absolute atomic E-state index is 0.567. The van der Waals surface area contributed by atoms with Gasteiger partial charge >= 0.3 is 0 Å². The van der Waals surface area contributed by atoms with Crippen LogP contribution in [0.3, 0.4) is 0 Å². The van der Waals surface area contributed by atoms with Gasteiger partial charge in [-0.3, -0.25) is 0 Å². The summed E-state index contributed by atoms with van der Waals surface area (Å²) in [7, 11) is 0. The molecule has 2 N–H and O–H groups in total. The van der Waals surface area contributed by atoms with Gasteiger partial charge in [0.15, 0.2) is 0 Å². The summed E-state index contributed by atoms with van der Waals surface area (Å²) >= 11 is 0. The first-order valence-electron chi connectivity index (χ1n) is 7.66. The maximum Gasteiger partial charge on any atom is 0.00207 e. The predicted molar refractivity (Wildman–Crippen MR) is 74.3 cm³/mol. The van der Waals surface area contributed by atoms with E-state index in [1.807, 2.05) is 0 Å². The third kappa shape index (κ3) is 3.45. The molecule has 17 heavy (non-hydrogen) atoms. The fourth-order valence-electron chi connectivity index (χ4n) is 3.59. The van der Waals surface area contributed by atoms with Crippen molar-refractivity contribution < 1.29 is 0 Å². The molecule has 1 saturated carbocycles. The van der Waals surface area contributed by atoms with Crippen LogP contribution in [0.25, 0.3) is 0 Å². The van der Waals surface area contributed by atoms with E-state index >= 15 is 0 Å². The first-order chi connectivity index (χ1) is 8.24. The first-order valence-corrected chi connectivity index (χ1v) is 7.66. The fourth-order valence-corrected chi connectivity index (χ4v) is 3.59. The second-order valence-electron chi connectivity index (χ2n) is 6.53. The van der Waals surface area contributed by atoms with Crippen molar-refractivity contribution in [3.63, 3.8) is 0 Å². The van der Waals surface area contributed by atoms with Crippen LogP contribution in [0.4, 0.5) is 0 Å². The quantitative estimate of drug-likeness (QED) is 0.679. The van der Waals surface area contributed by atoms with E-state index in [2.05, 4.69) is 24.5 Å². The maximum atomic E-state index is 3.80. The lowest BCUT2D eigenvalue weighted by Crippen LogP contribution is -2.38. The van der Waals surface area contributed by atoms with Crippen LogP contribution in [0.1, 0.15) is 58.8 Å². The summed E-state index contributed by atoms with van der Waals surface area (Å²) in [5.74, 6) is 0. The Bertz CT molecular complexity index is 227. The molecule has 0 aromatic carbocycles. The zero-order valence-corrected chi connectivity index (χ0v) is 11.8. The van der Waals surface area contributed by atoms with Gasteiger partial charge in [0, 0.05) is 19.6 Å². The van der Waals surface area contributed by atoms with Crippen LogP contribution >= 0.6 is 0 Å². The molecule has 1 unspecified atom stereocenters. The Morgan fingerprint density at radius 2 is 1.59 bits per heavy atom. The van der Waals surface area contributed by atoms with E-state index in [1.165, 1.54) is 71.1 Å². The number of nitrogens with one attached hydrogen (secondary N) is 2. The van der Waals surface area contributed by atoms with Crippen molar-refractivity contribution in [1.29, 1.82) is 0 Å². The van der Waals surface area contributed by atoms with Crippen LogP contribution in [0.2, 0.25) is 0 Å². The Balaban J connectivity index is 1.72. The Kier molecular flexibility index (Phi) is 4.48. The smallest absolute Gasteiger partial charge is 0.00207 e. The molecule has 0 aromatic heterocycles. The lowest BCUT2D eigenvalue weighted by molar-refractivity contribution is 0.264. The SMILES string of the molecule is CCCC1(CNCC2(CCC)CCNC2)CC1. The van der Waals surface area contributed by atoms with E-state index in [-0.39, 0.29) is 0 Å². The Hall–Kier alpha value is -0.0800. The van der Waals surface area contributed by atoms with Crippen LogP contribution in [-0.2, 0) is 0 Å². The van der Waals surface area contributed by atoms with Gasteiger partial charge in [-0.1, -0.05) is 26.7 Å². The van der Waals surface area contributed by atoms with Gasteiger partial charge in [-0.05, 0) is 49.5 Å². The van der Waals surface area contributed by atoms with Crippen LogP contribution in [0.5, 0.6) is 0 Å². The second kappa shape index (κ2) is 5.71. The van der Waals surface area contributed by atoms with Crippen LogP contribution in [0.15, 0.2) is 0 Å². The van der Waals surface area contributed by atoms with E-state index in [4.69, 9.17) is 0 Å². The van der Waals surface area contributed by atoms with Gasteiger partial charge in [-0.2, -0.15) is 0 Å². The zero-order chi connectivity index (χ0) is 12.2. The van der Waals surface area contributed by atoms with Gasteiger partial charge in [0.1, 0.15) is 0 Å². The highest BCUT2D eigenvalue weighted by Crippen LogP contribution is 2.49. The highest BCUT2D eigenvalue weighted by molar-refractivity contribution is 4.96. The van der Waals surface area contributed by atoms with Crippen molar-refractivity contribution in [3.05, 3.63) is 0 Å². The van der Waals surface area contributed by atoms with Gasteiger partial charge in [-0.15, -0.1) is 0 Å². The van der Waals surface area contributed by atoms with Gasteiger partial charge in [-0.25, -0.2) is 0 Å². The molecule has 0 amide bonds. The standard InChI is InChI=1S/C15H30N2/c1-3-5-14(7-8-14)11-17-13-15(6-4-2)9-10-16-12-15/h16-17H,3-13H2,1-2H3. The molecular formula is C15H30N2. The van der Waals surface area contributed by atoms with Crippen molar-refractivity contribution in [2.24, 2.45) is 10.8 Å². The van der Waals surface area contributed by atoms with E-state index in [1.54, 1.807) is 0 Å². The summed E-state index contributed by atoms with van der Waals surface area (Å²) < 4.78 is 0. The monoisotopic (exact) mass is 238 g/mol. The van der Waals surface area contributed by atoms with Gasteiger partial charge in [0.05, 0.1) is 0 Å². The minimum Gasteiger partial charge on any atom is -0.316 e. The van der Waals surface area contributed by atoms with E-state index in [0.717, 1.165) is 0 Å². The van der Waals surface area contributed by atoms with E-state index in [0.29, 0.717) is 10.8 Å². The lowest BCUT2D eigenvalue weighted by Gasteiger charge is -2.29. The summed E-state index contributed by atoms with van der Waals surface area (Å²) in [6.45, 7) is 9.60. The molecule has 0 bridgehead atoms. The predicted octanol–water partition coefficient (Wildman–Crippen LogP) is 2.94. The average Bonchev–Trinajstić information content (AvgIpc) is 2.90. The van der Waals surface area contributed by atoms with Crippen molar-refractivity contribution in [3.8, 4) is 0 Å². The van der Waals surface area contributed by atoms with Crippen LogP contribution < -0.4 is 10.6 Å². The van der Waals surface area contributed by atoms with Crippen molar-refractivity contribution >= 4 is 0 Å². The zero-order valence-electron chi connectivity index (χ0n) is 11.8. The van der Waals surface area contributed by atoms with Crippen LogP contribution in [0, 0.1) is 10.8 Å². The highest BCUT2D eigenvalue weighted by atomic mass is 15.0. The normalized spacial score (nSPS) is 30.7. The van der Waals surface area contributed by atoms with Crippen molar-refractivity contribution in [2.45, 2.75) is 58.8 Å². The van der Waals surface area contributed by atoms with Crippen LogP contribution in [-0.4, -0.2) is 26.2 Å². The third-order valence-corrected chi connectivity index (χ3v) is 4.85. The molecule has 1 heterocycles. The number of hydrogen-bond acceptors (Lipinski definition) is 2. The van der Waals surface area contributed by atoms with Crippen molar-refractivity contribution in [1.82, 2.24) is 10.6 Å². The molecule has 0 aromatic rings. The minimum atomic E-state index is 0.567. The molecule has 2 rings (SSSR count). The molecule has 100 valence electrons. The van der Waals surface area contributed by atoms with E-state index < -0.39 is 0 Å². The summed E-state index contributed by atoms with van der Waals surface area (Å²) in [5.41, 5.74) is 1.27. The molecule has 1 aliphatic carbocycles. The molecule has 0 radical (unpaired) electrons. The topological polar surface area (TPSA) is 24.1 Å². The summed E-state index contributed by atoms with van der Waals surface area (Å²) in [6.07, 6.45) is 9.79. The van der Waals surface area contributed by atoms with Gasteiger partial charge in [0.2, 0.25) is 0 Å². The largest absolute Gasteiger partial charge is 0.316 e. The molecule has 1 atom stereocenters. The van der Waals surface area contributed by atoms with Crippen molar-refractivity contribution in [2.75, 3.05) is 26.2 Å². The first kappa shape index (κ1) is 13.4. The Labute approximate surface area is 107 Å². The molecule has 0 spiro atoms. The Morgan fingerprint density at radius 3 is 2.12 bits per heavy atom. The molecule has 2 fully saturated rings. The highest BCUT2D eigenvalue weighted by Gasteiger charge is 2.41. The van der Waals surface area contributed by atoms with Gasteiger partial charge in [0.25, 0.3) is 0 Å². The molecule has 1 saturated heterocycles. The molecule has 1 aliphatic heterocycles. The average molecular weight is 238 g/mol. The Morgan fingerprint density at radius 1 is 0.941 bits per heavy atom. The lowest BCUT2D eigenvalue weighted by atomic mass is 9.82. The molecule has 2 aliphatic rings. The fraction of sp³-hybridized carbons (Fsp3) is 1.00. The maximum absolute atomic E-state index is 3.80. The molecular weight excluding hydrogens is 208 g/mol. The number of hydrogen-bond donors (Lipinski definition) is 2.